The van der Waals surface area contributed by atoms with Gasteiger partial charge in [-0.25, -0.2) is 9.37 Å². The van der Waals surface area contributed by atoms with Crippen LogP contribution in [0.3, 0.4) is 0 Å². The van der Waals surface area contributed by atoms with E-state index in [0.717, 1.165) is 43.9 Å². The molecule has 7 heteroatoms. The van der Waals surface area contributed by atoms with Crippen LogP contribution in [0.25, 0.3) is 0 Å². The van der Waals surface area contributed by atoms with Crippen LogP contribution in [0.2, 0.25) is 0 Å². The SMILES string of the molecule is CCc1nc(CCNC(=NC)NCCc2ccc(F)cc2)sc1C.I. The van der Waals surface area contributed by atoms with Crippen molar-refractivity contribution in [3.8, 4) is 0 Å². The van der Waals surface area contributed by atoms with Crippen molar-refractivity contribution in [3.05, 3.63) is 51.2 Å². The molecule has 0 fully saturated rings. The second kappa shape index (κ2) is 11.4. The average Bonchev–Trinajstić information content (AvgIpc) is 2.95. The summed E-state index contributed by atoms with van der Waals surface area (Å²) in [5.41, 5.74) is 2.31. The first-order valence-electron chi connectivity index (χ1n) is 8.26. The molecular formula is C18H26FIN4S. The van der Waals surface area contributed by atoms with Crippen LogP contribution < -0.4 is 10.6 Å². The molecule has 0 saturated heterocycles. The van der Waals surface area contributed by atoms with Crippen molar-refractivity contribution in [1.82, 2.24) is 15.6 Å². The molecule has 1 heterocycles. The summed E-state index contributed by atoms with van der Waals surface area (Å²) in [6, 6.07) is 6.60. The zero-order valence-corrected chi connectivity index (χ0v) is 18.1. The fourth-order valence-electron chi connectivity index (χ4n) is 2.41. The second-order valence-corrected chi connectivity index (χ2v) is 6.80. The van der Waals surface area contributed by atoms with E-state index in [0.29, 0.717) is 0 Å². The molecule has 0 amide bonds. The van der Waals surface area contributed by atoms with Gasteiger partial charge in [-0.15, -0.1) is 35.3 Å². The van der Waals surface area contributed by atoms with Gasteiger partial charge in [0.2, 0.25) is 0 Å². The third-order valence-electron chi connectivity index (χ3n) is 3.75. The lowest BCUT2D eigenvalue weighted by atomic mass is 10.1. The molecular weight excluding hydrogens is 450 g/mol. The predicted octanol–water partition coefficient (Wildman–Crippen LogP) is 3.72. The Balaban J connectivity index is 0.00000312. The van der Waals surface area contributed by atoms with Gasteiger partial charge in [0, 0.05) is 31.4 Å². The molecule has 138 valence electrons. The van der Waals surface area contributed by atoms with Crippen LogP contribution in [0.4, 0.5) is 4.39 Å². The van der Waals surface area contributed by atoms with Gasteiger partial charge in [0.1, 0.15) is 5.82 Å². The van der Waals surface area contributed by atoms with Crippen molar-refractivity contribution >= 4 is 41.3 Å². The number of hydrogen-bond acceptors (Lipinski definition) is 3. The maximum absolute atomic E-state index is 12.9. The lowest BCUT2D eigenvalue weighted by Gasteiger charge is -2.11. The minimum atomic E-state index is -0.201. The number of halogens is 2. The smallest absolute Gasteiger partial charge is 0.191 e. The van der Waals surface area contributed by atoms with Crippen LogP contribution in [0, 0.1) is 12.7 Å². The highest BCUT2D eigenvalue weighted by molar-refractivity contribution is 14.0. The van der Waals surface area contributed by atoms with Crippen molar-refractivity contribution in [2.45, 2.75) is 33.1 Å². The molecule has 0 unspecified atom stereocenters. The normalized spacial score (nSPS) is 11.1. The maximum atomic E-state index is 12.9. The van der Waals surface area contributed by atoms with Gasteiger partial charge in [-0.05, 0) is 37.5 Å². The van der Waals surface area contributed by atoms with Crippen molar-refractivity contribution in [3.63, 3.8) is 0 Å². The molecule has 25 heavy (non-hydrogen) atoms. The first-order valence-corrected chi connectivity index (χ1v) is 9.08. The van der Waals surface area contributed by atoms with Gasteiger partial charge in [0.15, 0.2) is 5.96 Å². The Hall–Kier alpha value is -1.22. The Morgan fingerprint density at radius 3 is 2.36 bits per heavy atom. The summed E-state index contributed by atoms with van der Waals surface area (Å²) in [5.74, 6) is 0.578. The summed E-state index contributed by atoms with van der Waals surface area (Å²) >= 11 is 1.77. The lowest BCUT2D eigenvalue weighted by molar-refractivity contribution is 0.626. The van der Waals surface area contributed by atoms with E-state index in [1.54, 1.807) is 18.4 Å². The maximum Gasteiger partial charge on any atom is 0.191 e. The van der Waals surface area contributed by atoms with E-state index < -0.39 is 0 Å². The summed E-state index contributed by atoms with van der Waals surface area (Å²) in [6.07, 6.45) is 2.71. The fraction of sp³-hybridized carbons (Fsp3) is 0.444. The van der Waals surface area contributed by atoms with E-state index in [4.69, 9.17) is 0 Å². The first-order chi connectivity index (χ1) is 11.6. The summed E-state index contributed by atoms with van der Waals surface area (Å²) < 4.78 is 12.9. The highest BCUT2D eigenvalue weighted by Crippen LogP contribution is 2.17. The number of aromatic nitrogens is 1. The topological polar surface area (TPSA) is 49.3 Å². The lowest BCUT2D eigenvalue weighted by Crippen LogP contribution is -2.39. The zero-order valence-electron chi connectivity index (χ0n) is 14.9. The molecule has 0 saturated carbocycles. The Morgan fingerprint density at radius 1 is 1.16 bits per heavy atom. The minimum absolute atomic E-state index is 0. The number of aryl methyl sites for hydroxylation is 2. The number of rotatable bonds is 7. The second-order valence-electron chi connectivity index (χ2n) is 5.52. The van der Waals surface area contributed by atoms with Crippen LogP contribution in [0.15, 0.2) is 29.3 Å². The predicted molar refractivity (Wildman–Crippen MR) is 115 cm³/mol. The molecule has 0 bridgehead atoms. The third kappa shape index (κ3) is 7.27. The van der Waals surface area contributed by atoms with Gasteiger partial charge in [0.25, 0.3) is 0 Å². The van der Waals surface area contributed by atoms with Crippen molar-refractivity contribution in [2.24, 2.45) is 4.99 Å². The molecule has 0 aliphatic carbocycles. The Bertz CT molecular complexity index is 670. The molecule has 4 nitrogen and oxygen atoms in total. The van der Waals surface area contributed by atoms with Crippen molar-refractivity contribution in [1.29, 1.82) is 0 Å². The van der Waals surface area contributed by atoms with Crippen molar-refractivity contribution in [2.75, 3.05) is 20.1 Å². The first kappa shape index (κ1) is 21.8. The highest BCUT2D eigenvalue weighted by Gasteiger charge is 2.06. The number of aliphatic imine (C=N–C) groups is 1. The Morgan fingerprint density at radius 2 is 1.80 bits per heavy atom. The van der Waals surface area contributed by atoms with E-state index in [9.17, 15) is 4.39 Å². The van der Waals surface area contributed by atoms with Crippen LogP contribution in [0.5, 0.6) is 0 Å². The number of thiazole rings is 1. The number of benzene rings is 1. The van der Waals surface area contributed by atoms with Crippen LogP contribution in [-0.4, -0.2) is 31.1 Å². The summed E-state index contributed by atoms with van der Waals surface area (Å²) in [5, 5.41) is 7.75. The van der Waals surface area contributed by atoms with E-state index in [-0.39, 0.29) is 29.8 Å². The molecule has 0 aliphatic rings. The monoisotopic (exact) mass is 476 g/mol. The number of nitrogens with one attached hydrogen (secondary N) is 2. The van der Waals surface area contributed by atoms with Gasteiger partial charge in [-0.1, -0.05) is 19.1 Å². The molecule has 2 N–H and O–H groups in total. The van der Waals surface area contributed by atoms with Crippen LogP contribution in [0.1, 0.15) is 28.1 Å². The van der Waals surface area contributed by atoms with E-state index in [1.807, 2.05) is 12.1 Å². The molecule has 2 rings (SSSR count). The van der Waals surface area contributed by atoms with E-state index in [2.05, 4.69) is 34.5 Å². The van der Waals surface area contributed by atoms with Gasteiger partial charge >= 0.3 is 0 Å². The largest absolute Gasteiger partial charge is 0.356 e. The average molecular weight is 476 g/mol. The van der Waals surface area contributed by atoms with E-state index >= 15 is 0 Å². The summed E-state index contributed by atoms with van der Waals surface area (Å²) in [6.45, 7) is 5.81. The number of nitrogens with zero attached hydrogens (tertiary/aromatic N) is 2. The molecule has 0 radical (unpaired) electrons. The highest BCUT2D eigenvalue weighted by atomic mass is 127. The molecule has 2 aromatic rings. The van der Waals surface area contributed by atoms with Gasteiger partial charge in [0.05, 0.1) is 10.7 Å². The van der Waals surface area contributed by atoms with Crippen LogP contribution >= 0.6 is 35.3 Å². The molecule has 1 aromatic carbocycles. The van der Waals surface area contributed by atoms with E-state index in [1.165, 1.54) is 27.7 Å². The van der Waals surface area contributed by atoms with Crippen molar-refractivity contribution < 1.29 is 4.39 Å². The molecule has 0 spiro atoms. The fourth-order valence-corrected chi connectivity index (χ4v) is 3.43. The summed E-state index contributed by atoms with van der Waals surface area (Å²) in [7, 11) is 1.76. The Labute approximate surface area is 170 Å². The quantitative estimate of drug-likeness (QED) is 0.364. The number of hydrogen-bond donors (Lipinski definition) is 2. The third-order valence-corrected chi connectivity index (χ3v) is 4.82. The van der Waals surface area contributed by atoms with Gasteiger partial charge in [-0.3, -0.25) is 4.99 Å². The Kier molecular flexibility index (Phi) is 9.96. The van der Waals surface area contributed by atoms with Gasteiger partial charge in [-0.2, -0.15) is 0 Å². The van der Waals surface area contributed by atoms with Crippen LogP contribution in [-0.2, 0) is 19.3 Å². The minimum Gasteiger partial charge on any atom is -0.356 e. The zero-order chi connectivity index (χ0) is 17.4. The molecule has 1 aromatic heterocycles. The van der Waals surface area contributed by atoms with Gasteiger partial charge < -0.3 is 10.6 Å². The standard InChI is InChI=1S/C18H25FN4S.HI/c1-4-16-13(2)24-17(23-16)10-12-22-18(20-3)21-11-9-14-5-7-15(19)8-6-14;/h5-8H,4,9-12H2,1-3H3,(H2,20,21,22);1H. The molecule has 0 atom stereocenters. The summed E-state index contributed by atoms with van der Waals surface area (Å²) in [4.78, 5) is 10.2. The number of guanidine groups is 1. The molecule has 0 aliphatic heterocycles.